The molecule has 8 nitrogen and oxygen atoms in total. The monoisotopic (exact) mass is 428 g/mol. The van der Waals surface area contributed by atoms with E-state index in [4.69, 9.17) is 9.15 Å². The number of carbonyl (C=O) groups excluding carboxylic acids is 1. The van der Waals surface area contributed by atoms with Crippen LogP contribution < -0.4 is 5.69 Å². The Hall–Kier alpha value is -4.20. The highest BCUT2D eigenvalue weighted by Crippen LogP contribution is 2.30. The third-order valence-electron chi connectivity index (χ3n) is 5.37. The minimum Gasteiger partial charge on any atom is -0.462 e. The zero-order chi connectivity index (χ0) is 22.2. The van der Waals surface area contributed by atoms with Crippen molar-refractivity contribution in [1.29, 1.82) is 0 Å². The first-order valence-corrected chi connectivity index (χ1v) is 10.3. The Morgan fingerprint density at radius 1 is 1.12 bits per heavy atom. The summed E-state index contributed by atoms with van der Waals surface area (Å²) in [5, 5.41) is 0. The van der Waals surface area contributed by atoms with Crippen molar-refractivity contribution < 1.29 is 13.9 Å². The lowest BCUT2D eigenvalue weighted by atomic mass is 10.1. The van der Waals surface area contributed by atoms with E-state index in [0.29, 0.717) is 35.5 Å². The van der Waals surface area contributed by atoms with Crippen LogP contribution in [0.5, 0.6) is 0 Å². The fourth-order valence-electron chi connectivity index (χ4n) is 3.86. The van der Waals surface area contributed by atoms with Gasteiger partial charge in [-0.3, -0.25) is 9.55 Å². The summed E-state index contributed by atoms with van der Waals surface area (Å²) in [6, 6.07) is 12.9. The Kier molecular flexibility index (Phi) is 4.82. The van der Waals surface area contributed by atoms with Crippen molar-refractivity contribution in [1.82, 2.24) is 19.1 Å². The molecule has 0 amide bonds. The summed E-state index contributed by atoms with van der Waals surface area (Å²) < 4.78 is 14.0. The molecule has 4 heterocycles. The van der Waals surface area contributed by atoms with Crippen LogP contribution in [0, 0.1) is 0 Å². The van der Waals surface area contributed by atoms with Gasteiger partial charge in [0.1, 0.15) is 11.8 Å². The van der Waals surface area contributed by atoms with Gasteiger partial charge in [-0.2, -0.15) is 0 Å². The Morgan fingerprint density at radius 3 is 2.69 bits per heavy atom. The van der Waals surface area contributed by atoms with Crippen molar-refractivity contribution in [2.75, 3.05) is 6.61 Å². The number of benzene rings is 1. The van der Waals surface area contributed by atoms with Gasteiger partial charge in [0.25, 0.3) is 0 Å². The Balaban J connectivity index is 1.55. The van der Waals surface area contributed by atoms with Gasteiger partial charge in [0.05, 0.1) is 23.4 Å². The van der Waals surface area contributed by atoms with Crippen LogP contribution in [0.1, 0.15) is 24.2 Å². The van der Waals surface area contributed by atoms with Crippen LogP contribution in [0.3, 0.4) is 0 Å². The van der Waals surface area contributed by atoms with Crippen LogP contribution in [-0.2, 0) is 11.3 Å². The molecule has 160 valence electrons. The topological polar surface area (TPSA) is 92.2 Å². The molecule has 5 rings (SSSR count). The molecule has 0 unspecified atom stereocenters. The maximum Gasteiger partial charge on any atom is 0.339 e. The molecular formula is C24H20N4O4. The molecule has 0 spiro atoms. The zero-order valence-corrected chi connectivity index (χ0v) is 17.6. The van der Waals surface area contributed by atoms with Gasteiger partial charge < -0.3 is 9.15 Å². The maximum atomic E-state index is 13.0. The molecule has 32 heavy (non-hydrogen) atoms. The first-order chi connectivity index (χ1) is 15.6. The Labute approximate surface area is 182 Å². The van der Waals surface area contributed by atoms with Crippen molar-refractivity contribution in [2.24, 2.45) is 0 Å². The van der Waals surface area contributed by atoms with E-state index in [2.05, 4.69) is 9.97 Å². The predicted octanol–water partition coefficient (Wildman–Crippen LogP) is 4.19. The second-order valence-electron chi connectivity index (χ2n) is 7.20. The Bertz CT molecular complexity index is 1510. The van der Waals surface area contributed by atoms with E-state index >= 15 is 0 Å². The molecule has 0 bridgehead atoms. The number of pyridine rings is 2. The number of carbonyl (C=O) groups is 1. The average molecular weight is 428 g/mol. The SMILES string of the molecule is CCOC(=O)c1cnc2c(-c3ccc(-n4c(=O)n(CC)c5cccnc54)cc3)coc2c1. The fraction of sp³-hybridized carbons (Fsp3) is 0.167. The molecule has 0 aliphatic carbocycles. The summed E-state index contributed by atoms with van der Waals surface area (Å²) >= 11 is 0. The highest BCUT2D eigenvalue weighted by molar-refractivity contribution is 5.96. The lowest BCUT2D eigenvalue weighted by molar-refractivity contribution is 0.0526. The number of hydrogen-bond donors (Lipinski definition) is 0. The number of aryl methyl sites for hydroxylation is 1. The summed E-state index contributed by atoms with van der Waals surface area (Å²) in [6.45, 7) is 4.54. The molecule has 0 aliphatic heterocycles. The molecule has 0 atom stereocenters. The van der Waals surface area contributed by atoms with E-state index in [1.807, 2.05) is 43.3 Å². The number of aromatic nitrogens is 4. The number of rotatable bonds is 5. The van der Waals surface area contributed by atoms with Crippen LogP contribution >= 0.6 is 0 Å². The number of hydrogen-bond acceptors (Lipinski definition) is 6. The zero-order valence-electron chi connectivity index (χ0n) is 17.6. The molecule has 0 fully saturated rings. The van der Waals surface area contributed by atoms with Crippen molar-refractivity contribution in [3.05, 3.63) is 77.2 Å². The smallest absolute Gasteiger partial charge is 0.339 e. The standard InChI is InChI=1S/C24H20N4O4/c1-3-27-19-6-5-11-25-22(19)28(24(27)30)17-9-7-15(8-10-17)18-14-32-20-12-16(13-26-21(18)20)23(29)31-4-2/h5-14H,3-4H2,1-2H3. The number of nitrogens with zero attached hydrogens (tertiary/aromatic N) is 4. The van der Waals surface area contributed by atoms with Gasteiger partial charge >= 0.3 is 11.7 Å². The molecule has 5 aromatic rings. The number of imidazole rings is 1. The summed E-state index contributed by atoms with van der Waals surface area (Å²) in [5.41, 5.74) is 5.17. The van der Waals surface area contributed by atoms with Crippen LogP contribution in [0.25, 0.3) is 39.1 Å². The first-order valence-electron chi connectivity index (χ1n) is 10.3. The second kappa shape index (κ2) is 7.81. The third kappa shape index (κ3) is 3.08. The molecule has 0 N–H and O–H groups in total. The van der Waals surface area contributed by atoms with Crippen molar-refractivity contribution in [3.63, 3.8) is 0 Å². The molecule has 0 saturated heterocycles. The molecule has 0 radical (unpaired) electrons. The van der Waals surface area contributed by atoms with E-state index in [9.17, 15) is 9.59 Å². The quantitative estimate of drug-likeness (QED) is 0.390. The lowest BCUT2D eigenvalue weighted by Crippen LogP contribution is -2.22. The molecular weight excluding hydrogens is 408 g/mol. The van der Waals surface area contributed by atoms with E-state index in [1.54, 1.807) is 34.6 Å². The third-order valence-corrected chi connectivity index (χ3v) is 5.37. The molecule has 0 saturated carbocycles. The largest absolute Gasteiger partial charge is 0.462 e. The lowest BCUT2D eigenvalue weighted by Gasteiger charge is -2.05. The highest BCUT2D eigenvalue weighted by Gasteiger charge is 2.16. The summed E-state index contributed by atoms with van der Waals surface area (Å²) in [4.78, 5) is 33.7. The van der Waals surface area contributed by atoms with E-state index in [1.165, 1.54) is 6.20 Å². The van der Waals surface area contributed by atoms with Gasteiger partial charge in [0.2, 0.25) is 0 Å². The number of furan rings is 1. The first kappa shape index (κ1) is 19.7. The predicted molar refractivity (Wildman–Crippen MR) is 120 cm³/mol. The summed E-state index contributed by atoms with van der Waals surface area (Å²) in [6.07, 6.45) is 4.78. The van der Waals surface area contributed by atoms with Gasteiger partial charge in [0.15, 0.2) is 11.2 Å². The van der Waals surface area contributed by atoms with Crippen molar-refractivity contribution >= 4 is 28.2 Å². The van der Waals surface area contributed by atoms with Gasteiger partial charge in [-0.1, -0.05) is 12.1 Å². The van der Waals surface area contributed by atoms with Crippen LogP contribution in [-0.4, -0.2) is 31.7 Å². The summed E-state index contributed by atoms with van der Waals surface area (Å²) in [7, 11) is 0. The molecule has 4 aromatic heterocycles. The van der Waals surface area contributed by atoms with Gasteiger partial charge in [-0.05, 0) is 49.7 Å². The number of fused-ring (bicyclic) bond motifs is 2. The van der Waals surface area contributed by atoms with Crippen molar-refractivity contribution in [2.45, 2.75) is 20.4 Å². The number of ether oxygens (including phenoxy) is 1. The average Bonchev–Trinajstić information content (AvgIpc) is 3.37. The molecule has 1 aromatic carbocycles. The van der Waals surface area contributed by atoms with E-state index < -0.39 is 5.97 Å². The normalized spacial score (nSPS) is 11.3. The molecule has 0 aliphatic rings. The van der Waals surface area contributed by atoms with E-state index in [-0.39, 0.29) is 5.69 Å². The minimum atomic E-state index is -0.436. The van der Waals surface area contributed by atoms with E-state index in [0.717, 1.165) is 22.3 Å². The minimum absolute atomic E-state index is 0.129. The van der Waals surface area contributed by atoms with Crippen LogP contribution in [0.15, 0.2) is 70.3 Å². The fourth-order valence-corrected chi connectivity index (χ4v) is 3.86. The van der Waals surface area contributed by atoms with Gasteiger partial charge in [-0.25, -0.2) is 19.1 Å². The van der Waals surface area contributed by atoms with Gasteiger partial charge in [-0.15, -0.1) is 0 Å². The Morgan fingerprint density at radius 2 is 1.94 bits per heavy atom. The second-order valence-corrected chi connectivity index (χ2v) is 7.20. The van der Waals surface area contributed by atoms with Crippen LogP contribution in [0.4, 0.5) is 0 Å². The highest BCUT2D eigenvalue weighted by atomic mass is 16.5. The van der Waals surface area contributed by atoms with Crippen molar-refractivity contribution in [3.8, 4) is 16.8 Å². The number of esters is 1. The van der Waals surface area contributed by atoms with Crippen LogP contribution in [0.2, 0.25) is 0 Å². The maximum absolute atomic E-state index is 13.0. The summed E-state index contributed by atoms with van der Waals surface area (Å²) in [5.74, 6) is -0.436. The molecule has 8 heteroatoms. The van der Waals surface area contributed by atoms with Gasteiger partial charge in [0, 0.05) is 24.5 Å².